The highest BCUT2D eigenvalue weighted by molar-refractivity contribution is 4.97. The smallest absolute Gasteiger partial charge is 0.0900 e. The molecule has 2 heteroatoms. The molecule has 0 radical (unpaired) electrons. The second-order valence-corrected chi connectivity index (χ2v) is 4.14. The lowest BCUT2D eigenvalue weighted by atomic mass is 9.88. The molecular weight excluding hydrogens is 162 g/mol. The van der Waals surface area contributed by atoms with Crippen LogP contribution in [0.1, 0.15) is 32.6 Å². The third-order valence-corrected chi connectivity index (χ3v) is 2.67. The van der Waals surface area contributed by atoms with Crippen LogP contribution in [-0.4, -0.2) is 35.2 Å². The molecule has 0 aromatic heterocycles. The maximum Gasteiger partial charge on any atom is 0.0900 e. The zero-order valence-electron chi connectivity index (χ0n) is 8.63. The van der Waals surface area contributed by atoms with E-state index in [4.69, 9.17) is 0 Å². The molecule has 0 atom stereocenters. The Kier molecular flexibility index (Phi) is 3.94. The molecule has 13 heavy (non-hydrogen) atoms. The third kappa shape index (κ3) is 3.12. The van der Waals surface area contributed by atoms with E-state index in [9.17, 15) is 5.11 Å². The second kappa shape index (κ2) is 4.77. The molecule has 0 aromatic carbocycles. The summed E-state index contributed by atoms with van der Waals surface area (Å²) in [6.07, 6.45) is 6.49. The van der Waals surface area contributed by atoms with Gasteiger partial charge >= 0.3 is 0 Å². The van der Waals surface area contributed by atoms with Gasteiger partial charge in [-0.2, -0.15) is 0 Å². The minimum absolute atomic E-state index is 0.377. The second-order valence-electron chi connectivity index (χ2n) is 4.14. The van der Waals surface area contributed by atoms with Crippen LogP contribution in [0.2, 0.25) is 0 Å². The number of hydrogen-bond donors (Lipinski definition) is 1. The molecule has 1 heterocycles. The van der Waals surface area contributed by atoms with Crippen LogP contribution in [0.5, 0.6) is 0 Å². The summed E-state index contributed by atoms with van der Waals surface area (Å²) < 4.78 is 0. The monoisotopic (exact) mass is 183 g/mol. The van der Waals surface area contributed by atoms with Crippen molar-refractivity contribution in [3.63, 3.8) is 0 Å². The van der Waals surface area contributed by atoms with Gasteiger partial charge in [-0.25, -0.2) is 0 Å². The minimum atomic E-state index is -0.377. The fraction of sp³-hybridized carbons (Fsp3) is 0.818. The van der Waals surface area contributed by atoms with Crippen molar-refractivity contribution in [3.8, 4) is 0 Å². The van der Waals surface area contributed by atoms with Crippen LogP contribution in [0.3, 0.4) is 0 Å². The summed E-state index contributed by atoms with van der Waals surface area (Å²) in [5.74, 6) is 0. The minimum Gasteiger partial charge on any atom is -0.387 e. The Labute approximate surface area is 81.2 Å². The highest BCUT2D eigenvalue weighted by Crippen LogP contribution is 2.26. The van der Waals surface area contributed by atoms with Crippen LogP contribution >= 0.6 is 0 Å². The number of nitrogens with zero attached hydrogens (tertiary/aromatic N) is 1. The summed E-state index contributed by atoms with van der Waals surface area (Å²) in [4.78, 5) is 2.22. The summed E-state index contributed by atoms with van der Waals surface area (Å²) in [6, 6.07) is 0. The molecule has 1 rings (SSSR count). The molecule has 0 amide bonds. The molecule has 1 saturated heterocycles. The van der Waals surface area contributed by atoms with Crippen LogP contribution in [0.15, 0.2) is 12.7 Å². The molecule has 1 fully saturated rings. The van der Waals surface area contributed by atoms with Crippen molar-refractivity contribution >= 4 is 0 Å². The van der Waals surface area contributed by atoms with E-state index in [0.29, 0.717) is 0 Å². The number of rotatable bonds is 6. The molecule has 1 aliphatic rings. The number of β-amino-alcohol motifs (C(OH)–C–C–N with tert-alkyl or cyclic N) is 1. The van der Waals surface area contributed by atoms with E-state index in [0.717, 1.165) is 32.5 Å². The van der Waals surface area contributed by atoms with Crippen LogP contribution < -0.4 is 0 Å². The van der Waals surface area contributed by atoms with Gasteiger partial charge in [0.2, 0.25) is 0 Å². The molecule has 0 bridgehead atoms. The Morgan fingerprint density at radius 3 is 2.69 bits per heavy atom. The Morgan fingerprint density at radius 2 is 2.15 bits per heavy atom. The predicted molar refractivity (Wildman–Crippen MR) is 55.7 cm³/mol. The standard InChI is InChI=1S/C11H21NO/c1-3-5-6-7-11(13)9-12(10-11)8-4-2/h4,13H,2-3,5-10H2,1H3. The Balaban J connectivity index is 2.10. The molecular formula is C11H21NO. The van der Waals surface area contributed by atoms with Gasteiger partial charge < -0.3 is 5.11 Å². The number of aliphatic hydroxyl groups is 1. The van der Waals surface area contributed by atoms with Gasteiger partial charge in [0.15, 0.2) is 0 Å². The molecule has 0 saturated carbocycles. The summed E-state index contributed by atoms with van der Waals surface area (Å²) in [7, 11) is 0. The van der Waals surface area contributed by atoms with E-state index in [1.54, 1.807) is 0 Å². The van der Waals surface area contributed by atoms with E-state index in [2.05, 4.69) is 18.4 Å². The zero-order chi connectivity index (χ0) is 9.73. The van der Waals surface area contributed by atoms with Gasteiger partial charge in [-0.3, -0.25) is 4.90 Å². The van der Waals surface area contributed by atoms with Gasteiger partial charge in [-0.1, -0.05) is 32.3 Å². The van der Waals surface area contributed by atoms with Gasteiger partial charge in [0.05, 0.1) is 5.60 Å². The fourth-order valence-electron chi connectivity index (χ4n) is 1.96. The van der Waals surface area contributed by atoms with Crippen molar-refractivity contribution in [2.45, 2.75) is 38.2 Å². The number of likely N-dealkylation sites (tertiary alicyclic amines) is 1. The van der Waals surface area contributed by atoms with Crippen molar-refractivity contribution in [1.82, 2.24) is 4.90 Å². The summed E-state index contributed by atoms with van der Waals surface area (Å²) in [5, 5.41) is 9.96. The first-order valence-corrected chi connectivity index (χ1v) is 5.26. The zero-order valence-corrected chi connectivity index (χ0v) is 8.63. The fourth-order valence-corrected chi connectivity index (χ4v) is 1.96. The number of hydrogen-bond acceptors (Lipinski definition) is 2. The highest BCUT2D eigenvalue weighted by Gasteiger charge is 2.39. The lowest BCUT2D eigenvalue weighted by Gasteiger charge is -2.46. The van der Waals surface area contributed by atoms with E-state index < -0.39 is 0 Å². The van der Waals surface area contributed by atoms with E-state index in [1.807, 2.05) is 6.08 Å². The molecule has 1 N–H and O–H groups in total. The Hall–Kier alpha value is -0.340. The lowest BCUT2D eigenvalue weighted by Crippen LogP contribution is -2.61. The molecule has 0 aliphatic carbocycles. The van der Waals surface area contributed by atoms with E-state index in [1.165, 1.54) is 12.8 Å². The predicted octanol–water partition coefficient (Wildman–Crippen LogP) is 1.80. The summed E-state index contributed by atoms with van der Waals surface area (Å²) in [6.45, 7) is 8.46. The summed E-state index contributed by atoms with van der Waals surface area (Å²) in [5.41, 5.74) is -0.377. The Morgan fingerprint density at radius 1 is 1.46 bits per heavy atom. The molecule has 0 aromatic rings. The van der Waals surface area contributed by atoms with Crippen molar-refractivity contribution in [2.24, 2.45) is 0 Å². The maximum atomic E-state index is 9.96. The van der Waals surface area contributed by atoms with Crippen LogP contribution in [0, 0.1) is 0 Å². The Bertz CT molecular complexity index is 161. The largest absolute Gasteiger partial charge is 0.387 e. The normalized spacial score (nSPS) is 21.1. The van der Waals surface area contributed by atoms with Gasteiger partial charge in [0.1, 0.15) is 0 Å². The third-order valence-electron chi connectivity index (χ3n) is 2.67. The first kappa shape index (κ1) is 10.7. The van der Waals surface area contributed by atoms with Gasteiger partial charge in [-0.05, 0) is 6.42 Å². The van der Waals surface area contributed by atoms with Crippen LogP contribution in [0.25, 0.3) is 0 Å². The van der Waals surface area contributed by atoms with Crippen molar-refractivity contribution in [3.05, 3.63) is 12.7 Å². The number of unbranched alkanes of at least 4 members (excludes halogenated alkanes) is 2. The SMILES string of the molecule is C=CCN1CC(O)(CCCCC)C1. The lowest BCUT2D eigenvalue weighted by molar-refractivity contribution is -0.0986. The summed E-state index contributed by atoms with van der Waals surface area (Å²) >= 11 is 0. The van der Waals surface area contributed by atoms with Crippen molar-refractivity contribution in [1.29, 1.82) is 0 Å². The quantitative estimate of drug-likeness (QED) is 0.501. The maximum absolute atomic E-state index is 9.96. The van der Waals surface area contributed by atoms with Gasteiger partial charge in [0, 0.05) is 19.6 Å². The van der Waals surface area contributed by atoms with Crippen molar-refractivity contribution < 1.29 is 5.11 Å². The van der Waals surface area contributed by atoms with Gasteiger partial charge in [0.25, 0.3) is 0 Å². The van der Waals surface area contributed by atoms with E-state index >= 15 is 0 Å². The first-order valence-electron chi connectivity index (χ1n) is 5.26. The van der Waals surface area contributed by atoms with E-state index in [-0.39, 0.29) is 5.60 Å². The molecule has 2 nitrogen and oxygen atoms in total. The van der Waals surface area contributed by atoms with Gasteiger partial charge in [-0.15, -0.1) is 6.58 Å². The first-order chi connectivity index (χ1) is 6.20. The average molecular weight is 183 g/mol. The van der Waals surface area contributed by atoms with Crippen LogP contribution in [0.4, 0.5) is 0 Å². The molecule has 0 spiro atoms. The van der Waals surface area contributed by atoms with Crippen LogP contribution in [-0.2, 0) is 0 Å². The molecule has 1 aliphatic heterocycles. The molecule has 76 valence electrons. The average Bonchev–Trinajstić information content (AvgIpc) is 2.03. The topological polar surface area (TPSA) is 23.5 Å². The molecule has 0 unspecified atom stereocenters. The highest BCUT2D eigenvalue weighted by atomic mass is 16.3. The van der Waals surface area contributed by atoms with Crippen molar-refractivity contribution in [2.75, 3.05) is 19.6 Å².